The molecule has 0 amide bonds. The Morgan fingerprint density at radius 3 is 2.50 bits per heavy atom. The molecule has 0 aromatic rings. The fraction of sp³-hybridized carbons (Fsp3) is 0.842. The van der Waals surface area contributed by atoms with Crippen LogP contribution in [0.3, 0.4) is 0 Å². The van der Waals surface area contributed by atoms with Crippen LogP contribution in [0.4, 0.5) is 0 Å². The van der Waals surface area contributed by atoms with Gasteiger partial charge in [-0.3, -0.25) is 4.79 Å². The molecule has 0 radical (unpaired) electrons. The van der Waals surface area contributed by atoms with E-state index >= 15 is 0 Å². The van der Waals surface area contributed by atoms with Crippen molar-refractivity contribution in [1.82, 2.24) is 0 Å². The molecule has 3 heteroatoms. The van der Waals surface area contributed by atoms with Gasteiger partial charge in [0.05, 0.1) is 12.2 Å². The first kappa shape index (κ1) is 14.9. The average molecular weight is 304 g/mol. The van der Waals surface area contributed by atoms with Gasteiger partial charge in [-0.1, -0.05) is 25.5 Å². The quantitative estimate of drug-likeness (QED) is 0.677. The molecule has 3 saturated carbocycles. The SMILES string of the molecule is C[C@]12CC[C@H](O)CC1=C[C@H](O)[C@@H]1C2CC[C@]2(C)C(=O)CCC12. The van der Waals surface area contributed by atoms with E-state index in [0.29, 0.717) is 24.0 Å². The summed E-state index contributed by atoms with van der Waals surface area (Å²) in [4.78, 5) is 12.4. The third kappa shape index (κ3) is 1.78. The minimum Gasteiger partial charge on any atom is -0.393 e. The molecule has 0 bridgehead atoms. The Bertz CT molecular complexity index is 539. The molecular weight excluding hydrogens is 276 g/mol. The van der Waals surface area contributed by atoms with Gasteiger partial charge in [-0.05, 0) is 61.7 Å². The van der Waals surface area contributed by atoms with Crippen LogP contribution in [0.25, 0.3) is 0 Å². The van der Waals surface area contributed by atoms with Crippen molar-refractivity contribution in [1.29, 1.82) is 0 Å². The van der Waals surface area contributed by atoms with Crippen molar-refractivity contribution in [2.45, 2.75) is 71.0 Å². The average Bonchev–Trinajstić information content (AvgIpc) is 2.77. The van der Waals surface area contributed by atoms with Crippen LogP contribution in [-0.2, 0) is 4.79 Å². The Balaban J connectivity index is 1.75. The minimum atomic E-state index is -0.436. The van der Waals surface area contributed by atoms with Gasteiger partial charge in [0.15, 0.2) is 0 Å². The zero-order valence-electron chi connectivity index (χ0n) is 13.7. The van der Waals surface area contributed by atoms with Crippen LogP contribution in [0.1, 0.15) is 58.8 Å². The summed E-state index contributed by atoms with van der Waals surface area (Å²) in [6.07, 6.45) is 7.65. The molecule has 122 valence electrons. The number of fused-ring (bicyclic) bond motifs is 5. The highest BCUT2D eigenvalue weighted by atomic mass is 16.3. The fourth-order valence-corrected chi connectivity index (χ4v) is 6.40. The van der Waals surface area contributed by atoms with Gasteiger partial charge in [0.25, 0.3) is 0 Å². The monoisotopic (exact) mass is 304 g/mol. The number of aliphatic hydroxyl groups is 2. The molecule has 0 saturated heterocycles. The molecule has 22 heavy (non-hydrogen) atoms. The molecule has 0 aromatic carbocycles. The molecule has 4 rings (SSSR count). The van der Waals surface area contributed by atoms with E-state index in [-0.39, 0.29) is 22.9 Å². The Morgan fingerprint density at radius 2 is 1.73 bits per heavy atom. The van der Waals surface area contributed by atoms with Gasteiger partial charge in [0.2, 0.25) is 0 Å². The Morgan fingerprint density at radius 1 is 1.05 bits per heavy atom. The van der Waals surface area contributed by atoms with E-state index in [9.17, 15) is 15.0 Å². The molecule has 0 heterocycles. The van der Waals surface area contributed by atoms with Gasteiger partial charge in [-0.15, -0.1) is 0 Å². The maximum atomic E-state index is 12.4. The minimum absolute atomic E-state index is 0.121. The summed E-state index contributed by atoms with van der Waals surface area (Å²) in [6.45, 7) is 4.48. The van der Waals surface area contributed by atoms with Crippen molar-refractivity contribution in [3.05, 3.63) is 11.6 Å². The number of carbonyl (C=O) groups excluding carboxylic acids is 1. The summed E-state index contributed by atoms with van der Waals surface area (Å²) in [6, 6.07) is 0. The highest BCUT2D eigenvalue weighted by Crippen LogP contribution is 2.63. The first-order valence-corrected chi connectivity index (χ1v) is 8.97. The van der Waals surface area contributed by atoms with E-state index in [4.69, 9.17) is 0 Å². The molecule has 4 aliphatic rings. The predicted octanol–water partition coefficient (Wildman–Crippen LogP) is 2.85. The van der Waals surface area contributed by atoms with Crippen LogP contribution >= 0.6 is 0 Å². The van der Waals surface area contributed by atoms with Crippen LogP contribution < -0.4 is 0 Å². The highest BCUT2D eigenvalue weighted by molar-refractivity contribution is 5.87. The van der Waals surface area contributed by atoms with Crippen molar-refractivity contribution < 1.29 is 15.0 Å². The van der Waals surface area contributed by atoms with Crippen LogP contribution in [0, 0.1) is 28.6 Å². The van der Waals surface area contributed by atoms with Gasteiger partial charge in [0.1, 0.15) is 5.78 Å². The lowest BCUT2D eigenvalue weighted by atomic mass is 9.47. The first-order chi connectivity index (χ1) is 10.4. The number of carbonyl (C=O) groups is 1. The lowest BCUT2D eigenvalue weighted by Crippen LogP contribution is -2.54. The lowest BCUT2D eigenvalue weighted by Gasteiger charge is -2.58. The maximum Gasteiger partial charge on any atom is 0.139 e. The van der Waals surface area contributed by atoms with Gasteiger partial charge in [0, 0.05) is 11.8 Å². The second kappa shape index (κ2) is 4.67. The highest BCUT2D eigenvalue weighted by Gasteiger charge is 2.60. The Labute approximate surface area is 132 Å². The van der Waals surface area contributed by atoms with E-state index in [1.165, 1.54) is 5.57 Å². The smallest absolute Gasteiger partial charge is 0.139 e. The number of rotatable bonds is 0. The maximum absolute atomic E-state index is 12.4. The summed E-state index contributed by atoms with van der Waals surface area (Å²) in [5.41, 5.74) is 1.20. The van der Waals surface area contributed by atoms with Gasteiger partial charge in [-0.2, -0.15) is 0 Å². The summed E-state index contributed by atoms with van der Waals surface area (Å²) in [7, 11) is 0. The normalized spacial score (nSPS) is 54.3. The zero-order chi connectivity index (χ0) is 15.7. The summed E-state index contributed by atoms with van der Waals surface area (Å²) in [5.74, 6) is 1.46. The van der Waals surface area contributed by atoms with Crippen molar-refractivity contribution in [2.75, 3.05) is 0 Å². The van der Waals surface area contributed by atoms with E-state index in [1.807, 2.05) is 6.08 Å². The number of aliphatic hydroxyl groups excluding tert-OH is 2. The summed E-state index contributed by atoms with van der Waals surface area (Å²) >= 11 is 0. The topological polar surface area (TPSA) is 57.5 Å². The van der Waals surface area contributed by atoms with E-state index < -0.39 is 6.10 Å². The summed E-state index contributed by atoms with van der Waals surface area (Å²) in [5, 5.41) is 20.8. The Kier molecular flexibility index (Phi) is 3.16. The van der Waals surface area contributed by atoms with Crippen LogP contribution in [-0.4, -0.2) is 28.2 Å². The Hall–Kier alpha value is -0.670. The predicted molar refractivity (Wildman–Crippen MR) is 84.1 cm³/mol. The molecule has 0 aromatic heterocycles. The van der Waals surface area contributed by atoms with Crippen molar-refractivity contribution in [3.8, 4) is 0 Å². The standard InChI is InChI=1S/C19H28O3/c1-18-7-5-12(20)9-11(18)10-15(21)17-13-3-4-16(22)19(13,2)8-6-14(17)18/h10,12-15,17,20-21H,3-9H2,1-2H3/t12-,13?,14?,15-,17-,18-,19-/m0/s1. The molecule has 7 atom stereocenters. The van der Waals surface area contributed by atoms with Crippen LogP contribution in [0.2, 0.25) is 0 Å². The van der Waals surface area contributed by atoms with Crippen LogP contribution in [0.5, 0.6) is 0 Å². The van der Waals surface area contributed by atoms with Crippen LogP contribution in [0.15, 0.2) is 11.6 Å². The van der Waals surface area contributed by atoms with E-state index in [2.05, 4.69) is 13.8 Å². The molecule has 0 spiro atoms. The second-order valence-electron chi connectivity index (χ2n) is 8.70. The fourth-order valence-electron chi connectivity index (χ4n) is 6.40. The number of ketones is 1. The number of hydrogen-bond acceptors (Lipinski definition) is 3. The number of hydrogen-bond donors (Lipinski definition) is 2. The molecule has 0 aliphatic heterocycles. The lowest BCUT2D eigenvalue weighted by molar-refractivity contribution is -0.135. The molecular formula is C19H28O3. The third-order valence-electron chi connectivity index (χ3n) is 7.81. The van der Waals surface area contributed by atoms with Gasteiger partial charge in [-0.25, -0.2) is 0 Å². The first-order valence-electron chi connectivity index (χ1n) is 8.97. The zero-order valence-corrected chi connectivity index (χ0v) is 13.7. The van der Waals surface area contributed by atoms with Crippen molar-refractivity contribution in [3.63, 3.8) is 0 Å². The summed E-state index contributed by atoms with van der Waals surface area (Å²) < 4.78 is 0. The number of Topliss-reactive ketones (excluding diaryl/α,β-unsaturated/α-hetero) is 1. The van der Waals surface area contributed by atoms with Gasteiger partial charge >= 0.3 is 0 Å². The second-order valence-corrected chi connectivity index (χ2v) is 8.70. The molecule has 2 unspecified atom stereocenters. The van der Waals surface area contributed by atoms with Gasteiger partial charge < -0.3 is 10.2 Å². The molecule has 3 nitrogen and oxygen atoms in total. The molecule has 4 aliphatic carbocycles. The van der Waals surface area contributed by atoms with E-state index in [0.717, 1.165) is 38.5 Å². The third-order valence-corrected chi connectivity index (χ3v) is 7.81. The largest absolute Gasteiger partial charge is 0.393 e. The van der Waals surface area contributed by atoms with Crippen molar-refractivity contribution >= 4 is 5.78 Å². The van der Waals surface area contributed by atoms with Crippen molar-refractivity contribution in [2.24, 2.45) is 28.6 Å². The van der Waals surface area contributed by atoms with E-state index in [1.54, 1.807) is 0 Å². The molecule has 3 fully saturated rings. The molecule has 2 N–H and O–H groups in total.